The first-order valence-corrected chi connectivity index (χ1v) is 6.45. The summed E-state index contributed by atoms with van der Waals surface area (Å²) in [5.41, 5.74) is 7.87. The van der Waals surface area contributed by atoms with E-state index in [1.807, 2.05) is 36.5 Å². The summed E-state index contributed by atoms with van der Waals surface area (Å²) in [5.74, 6) is 1.72. The molecule has 0 amide bonds. The molecule has 2 aromatic rings. The van der Waals surface area contributed by atoms with E-state index in [0.717, 1.165) is 35.7 Å². The van der Waals surface area contributed by atoms with Gasteiger partial charge in [0, 0.05) is 23.7 Å². The zero-order chi connectivity index (χ0) is 13.3. The molecule has 1 aliphatic rings. The lowest BCUT2D eigenvalue weighted by Gasteiger charge is -2.11. The van der Waals surface area contributed by atoms with Crippen molar-refractivity contribution >= 4 is 0 Å². The van der Waals surface area contributed by atoms with Gasteiger partial charge in [0.2, 0.25) is 0 Å². The second kappa shape index (κ2) is 4.63. The van der Waals surface area contributed by atoms with Crippen LogP contribution in [-0.4, -0.2) is 23.6 Å². The number of aromatic nitrogens is 2. The minimum atomic E-state index is 0.0302. The molecular weight excluding hydrogens is 238 g/mol. The average molecular weight is 255 g/mol. The van der Waals surface area contributed by atoms with Crippen LogP contribution in [0.1, 0.15) is 18.7 Å². The Morgan fingerprint density at radius 1 is 1.21 bits per heavy atom. The van der Waals surface area contributed by atoms with Crippen molar-refractivity contribution in [2.45, 2.75) is 18.3 Å². The zero-order valence-electron chi connectivity index (χ0n) is 11.0. The maximum Gasteiger partial charge on any atom is 0.136 e. The van der Waals surface area contributed by atoms with Crippen LogP contribution in [0.5, 0.6) is 5.75 Å². The van der Waals surface area contributed by atoms with Gasteiger partial charge in [0.05, 0.1) is 12.8 Å². The number of rotatable bonds is 4. The smallest absolute Gasteiger partial charge is 0.136 e. The Balaban J connectivity index is 1.94. The monoisotopic (exact) mass is 255 g/mol. The van der Waals surface area contributed by atoms with Crippen LogP contribution in [0.2, 0.25) is 0 Å². The average Bonchev–Trinajstić information content (AvgIpc) is 3.29. The lowest BCUT2D eigenvalue weighted by atomic mass is 10.1. The molecule has 98 valence electrons. The minimum absolute atomic E-state index is 0.0302. The molecule has 0 saturated heterocycles. The molecule has 1 aromatic heterocycles. The highest BCUT2D eigenvalue weighted by Gasteiger charge is 2.45. The maximum atomic E-state index is 5.83. The summed E-state index contributed by atoms with van der Waals surface area (Å²) >= 11 is 0. The molecule has 0 aliphatic heterocycles. The van der Waals surface area contributed by atoms with Crippen LogP contribution in [0.4, 0.5) is 0 Å². The first-order valence-electron chi connectivity index (χ1n) is 6.45. The highest BCUT2D eigenvalue weighted by molar-refractivity contribution is 5.59. The fourth-order valence-electron chi connectivity index (χ4n) is 2.21. The first kappa shape index (κ1) is 12.1. The van der Waals surface area contributed by atoms with E-state index in [2.05, 4.69) is 9.97 Å². The molecule has 4 nitrogen and oxygen atoms in total. The maximum absolute atomic E-state index is 5.83. The van der Waals surface area contributed by atoms with Crippen LogP contribution < -0.4 is 10.5 Å². The molecule has 1 saturated carbocycles. The Hall–Kier alpha value is -1.94. The third-order valence-electron chi connectivity index (χ3n) is 3.76. The summed E-state index contributed by atoms with van der Waals surface area (Å²) < 4.78 is 5.16. The van der Waals surface area contributed by atoms with Gasteiger partial charge in [-0.2, -0.15) is 0 Å². The van der Waals surface area contributed by atoms with Gasteiger partial charge in [-0.05, 0) is 43.2 Å². The fraction of sp³-hybridized carbons (Fsp3) is 0.333. The van der Waals surface area contributed by atoms with Gasteiger partial charge in [0.15, 0.2) is 0 Å². The van der Waals surface area contributed by atoms with Crippen LogP contribution in [0.15, 0.2) is 36.5 Å². The van der Waals surface area contributed by atoms with Crippen molar-refractivity contribution < 1.29 is 4.74 Å². The zero-order valence-corrected chi connectivity index (χ0v) is 11.0. The fourth-order valence-corrected chi connectivity index (χ4v) is 2.21. The van der Waals surface area contributed by atoms with Crippen LogP contribution in [0.3, 0.4) is 0 Å². The topological polar surface area (TPSA) is 61.0 Å². The van der Waals surface area contributed by atoms with Crippen molar-refractivity contribution in [1.29, 1.82) is 0 Å². The molecule has 4 heteroatoms. The molecule has 1 heterocycles. The van der Waals surface area contributed by atoms with Gasteiger partial charge < -0.3 is 10.5 Å². The van der Waals surface area contributed by atoms with Crippen molar-refractivity contribution in [2.75, 3.05) is 13.7 Å². The Morgan fingerprint density at radius 2 is 1.95 bits per heavy atom. The number of benzene rings is 1. The Morgan fingerprint density at radius 3 is 2.53 bits per heavy atom. The Bertz CT molecular complexity index is 576. The van der Waals surface area contributed by atoms with Crippen molar-refractivity contribution in [2.24, 2.45) is 5.73 Å². The largest absolute Gasteiger partial charge is 0.497 e. The van der Waals surface area contributed by atoms with Crippen molar-refractivity contribution in [1.82, 2.24) is 9.97 Å². The Labute approximate surface area is 112 Å². The highest BCUT2D eigenvalue weighted by atomic mass is 16.5. The second-order valence-corrected chi connectivity index (χ2v) is 4.98. The predicted octanol–water partition coefficient (Wildman–Crippen LogP) is 2.14. The van der Waals surface area contributed by atoms with Gasteiger partial charge in [-0.15, -0.1) is 0 Å². The van der Waals surface area contributed by atoms with Crippen LogP contribution >= 0.6 is 0 Å². The minimum Gasteiger partial charge on any atom is -0.497 e. The molecule has 0 atom stereocenters. The van der Waals surface area contributed by atoms with Crippen LogP contribution in [0, 0.1) is 0 Å². The van der Waals surface area contributed by atoms with E-state index in [1.165, 1.54) is 0 Å². The summed E-state index contributed by atoms with van der Waals surface area (Å²) in [5, 5.41) is 0. The van der Waals surface area contributed by atoms with Gasteiger partial charge in [-0.1, -0.05) is 0 Å². The van der Waals surface area contributed by atoms with Gasteiger partial charge >= 0.3 is 0 Å². The standard InChI is InChI=1S/C15H17N3O/c1-19-12-4-2-11(3-5-12)13-6-9-17-14(18-13)15(10-16)7-8-15/h2-6,9H,7-8,10,16H2,1H3. The molecule has 3 rings (SSSR count). The van der Waals surface area contributed by atoms with E-state index < -0.39 is 0 Å². The van der Waals surface area contributed by atoms with E-state index in [1.54, 1.807) is 7.11 Å². The number of nitrogens with zero attached hydrogens (tertiary/aromatic N) is 2. The van der Waals surface area contributed by atoms with Gasteiger partial charge in [0.25, 0.3) is 0 Å². The lowest BCUT2D eigenvalue weighted by Crippen LogP contribution is -2.22. The quantitative estimate of drug-likeness (QED) is 0.909. The predicted molar refractivity (Wildman–Crippen MR) is 74.0 cm³/mol. The second-order valence-electron chi connectivity index (χ2n) is 4.98. The number of hydrogen-bond acceptors (Lipinski definition) is 4. The van der Waals surface area contributed by atoms with Crippen molar-refractivity contribution in [3.63, 3.8) is 0 Å². The summed E-state index contributed by atoms with van der Waals surface area (Å²) in [7, 11) is 1.66. The van der Waals surface area contributed by atoms with E-state index in [-0.39, 0.29) is 5.41 Å². The summed E-state index contributed by atoms with van der Waals surface area (Å²) in [6.45, 7) is 0.624. The normalized spacial score (nSPS) is 16.1. The van der Waals surface area contributed by atoms with Crippen LogP contribution in [-0.2, 0) is 5.41 Å². The van der Waals surface area contributed by atoms with Crippen molar-refractivity contribution in [3.8, 4) is 17.0 Å². The number of hydrogen-bond donors (Lipinski definition) is 1. The molecule has 2 N–H and O–H groups in total. The van der Waals surface area contributed by atoms with Gasteiger partial charge in [-0.25, -0.2) is 9.97 Å². The van der Waals surface area contributed by atoms with Crippen LogP contribution in [0.25, 0.3) is 11.3 Å². The summed E-state index contributed by atoms with van der Waals surface area (Å²) in [4.78, 5) is 9.06. The van der Waals surface area contributed by atoms with Gasteiger partial charge in [0.1, 0.15) is 11.6 Å². The number of nitrogens with two attached hydrogens (primary N) is 1. The number of methoxy groups -OCH3 is 1. The third kappa shape index (κ3) is 2.19. The van der Waals surface area contributed by atoms with E-state index >= 15 is 0 Å². The number of ether oxygens (including phenoxy) is 1. The molecule has 1 fully saturated rings. The SMILES string of the molecule is COc1ccc(-c2ccnc(C3(CN)CC3)n2)cc1. The molecule has 0 unspecified atom stereocenters. The van der Waals surface area contributed by atoms with Crippen molar-refractivity contribution in [3.05, 3.63) is 42.4 Å². The molecule has 1 aromatic carbocycles. The molecule has 1 aliphatic carbocycles. The molecule has 0 spiro atoms. The summed E-state index contributed by atoms with van der Waals surface area (Å²) in [6.07, 6.45) is 4.00. The lowest BCUT2D eigenvalue weighted by molar-refractivity contribution is 0.415. The molecule has 19 heavy (non-hydrogen) atoms. The molecular formula is C15H17N3O. The first-order chi connectivity index (χ1) is 9.27. The van der Waals surface area contributed by atoms with E-state index in [0.29, 0.717) is 6.54 Å². The van der Waals surface area contributed by atoms with Gasteiger partial charge in [-0.3, -0.25) is 0 Å². The molecule has 0 bridgehead atoms. The highest BCUT2D eigenvalue weighted by Crippen LogP contribution is 2.45. The van der Waals surface area contributed by atoms with E-state index in [4.69, 9.17) is 10.5 Å². The molecule has 0 radical (unpaired) electrons. The third-order valence-corrected chi connectivity index (χ3v) is 3.76. The summed E-state index contributed by atoms with van der Waals surface area (Å²) in [6, 6.07) is 9.82. The van der Waals surface area contributed by atoms with E-state index in [9.17, 15) is 0 Å². The Kier molecular flexibility index (Phi) is 2.95.